The topological polar surface area (TPSA) is 70.8 Å². The molecule has 1 unspecified atom stereocenters. The van der Waals surface area contributed by atoms with Gasteiger partial charge in [0.2, 0.25) is 0 Å². The molecule has 5 heteroatoms. The molecule has 1 aliphatic heterocycles. The molecule has 1 aliphatic rings. The number of hydrogen-bond donors (Lipinski definition) is 1. The molecule has 0 aromatic carbocycles. The van der Waals surface area contributed by atoms with Crippen LogP contribution in [0.2, 0.25) is 0 Å². The molecule has 2 rings (SSSR count). The number of likely N-dealkylation sites (tertiary alicyclic amines) is 1. The Labute approximate surface area is 112 Å². The van der Waals surface area contributed by atoms with Crippen LogP contribution >= 0.6 is 0 Å². The van der Waals surface area contributed by atoms with Crippen molar-refractivity contribution in [2.45, 2.75) is 45.6 Å². The van der Waals surface area contributed by atoms with E-state index in [1.54, 1.807) is 6.07 Å². The first-order chi connectivity index (χ1) is 9.04. The Kier molecular flexibility index (Phi) is 3.93. The normalized spacial score (nSPS) is 19.5. The van der Waals surface area contributed by atoms with Crippen molar-refractivity contribution < 1.29 is 19.1 Å². The fourth-order valence-corrected chi connectivity index (χ4v) is 2.55. The Bertz CT molecular complexity index is 492. The summed E-state index contributed by atoms with van der Waals surface area (Å²) in [7, 11) is 0. The number of carboxylic acid groups (broad SMARTS) is 1. The van der Waals surface area contributed by atoms with Crippen molar-refractivity contribution in [3.8, 4) is 0 Å². The lowest BCUT2D eigenvalue weighted by Gasteiger charge is -2.32. The highest BCUT2D eigenvalue weighted by Crippen LogP contribution is 2.22. The number of hydrogen-bond acceptors (Lipinski definition) is 3. The van der Waals surface area contributed by atoms with E-state index in [1.807, 2.05) is 13.8 Å². The predicted molar refractivity (Wildman–Crippen MR) is 69.1 cm³/mol. The average molecular weight is 265 g/mol. The van der Waals surface area contributed by atoms with E-state index in [2.05, 4.69) is 0 Å². The SMILES string of the molecule is CCc1oc(C(=O)N2CCCCC2C(=O)O)cc1C. The van der Waals surface area contributed by atoms with Crippen LogP contribution in [-0.4, -0.2) is 34.5 Å². The molecule has 1 N–H and O–H groups in total. The zero-order chi connectivity index (χ0) is 14.0. The van der Waals surface area contributed by atoms with Crippen molar-refractivity contribution in [3.05, 3.63) is 23.2 Å². The number of aryl methyl sites for hydroxylation is 2. The fraction of sp³-hybridized carbons (Fsp3) is 0.571. The van der Waals surface area contributed by atoms with E-state index < -0.39 is 12.0 Å². The van der Waals surface area contributed by atoms with Gasteiger partial charge in [0.15, 0.2) is 5.76 Å². The lowest BCUT2D eigenvalue weighted by Crippen LogP contribution is -2.47. The summed E-state index contributed by atoms with van der Waals surface area (Å²) in [4.78, 5) is 25.0. The molecule has 104 valence electrons. The van der Waals surface area contributed by atoms with Gasteiger partial charge in [-0.25, -0.2) is 4.79 Å². The number of carboxylic acids is 1. The van der Waals surface area contributed by atoms with Gasteiger partial charge in [-0.15, -0.1) is 0 Å². The van der Waals surface area contributed by atoms with E-state index >= 15 is 0 Å². The van der Waals surface area contributed by atoms with Crippen molar-refractivity contribution >= 4 is 11.9 Å². The van der Waals surface area contributed by atoms with Crippen LogP contribution in [0.4, 0.5) is 0 Å². The Morgan fingerprint density at radius 3 is 2.79 bits per heavy atom. The van der Waals surface area contributed by atoms with Gasteiger partial charge in [0.1, 0.15) is 11.8 Å². The highest BCUT2D eigenvalue weighted by molar-refractivity contribution is 5.94. The number of rotatable bonds is 3. The Balaban J connectivity index is 2.23. The lowest BCUT2D eigenvalue weighted by atomic mass is 10.0. The Morgan fingerprint density at radius 1 is 1.47 bits per heavy atom. The van der Waals surface area contributed by atoms with Gasteiger partial charge in [-0.2, -0.15) is 0 Å². The molecular formula is C14H19NO4. The van der Waals surface area contributed by atoms with Crippen molar-refractivity contribution in [2.75, 3.05) is 6.54 Å². The van der Waals surface area contributed by atoms with E-state index in [0.29, 0.717) is 13.0 Å². The van der Waals surface area contributed by atoms with E-state index in [-0.39, 0.29) is 11.7 Å². The van der Waals surface area contributed by atoms with Crippen LogP contribution in [-0.2, 0) is 11.2 Å². The summed E-state index contributed by atoms with van der Waals surface area (Å²) in [6.07, 6.45) is 2.93. The second-order valence-corrected chi connectivity index (χ2v) is 4.92. The predicted octanol–water partition coefficient (Wildman–Crippen LogP) is 2.23. The molecule has 0 spiro atoms. The summed E-state index contributed by atoms with van der Waals surface area (Å²) in [6.45, 7) is 4.34. The maximum absolute atomic E-state index is 12.4. The van der Waals surface area contributed by atoms with Gasteiger partial charge >= 0.3 is 5.97 Å². The van der Waals surface area contributed by atoms with Crippen molar-refractivity contribution in [1.82, 2.24) is 4.90 Å². The first-order valence-electron chi connectivity index (χ1n) is 6.67. The molecule has 2 heterocycles. The van der Waals surface area contributed by atoms with E-state index in [1.165, 1.54) is 4.90 Å². The number of amides is 1. The first kappa shape index (κ1) is 13.6. The first-order valence-corrected chi connectivity index (χ1v) is 6.67. The van der Waals surface area contributed by atoms with Crippen LogP contribution < -0.4 is 0 Å². The zero-order valence-corrected chi connectivity index (χ0v) is 11.3. The molecule has 1 fully saturated rings. The fourth-order valence-electron chi connectivity index (χ4n) is 2.55. The summed E-state index contributed by atoms with van der Waals surface area (Å²) in [6, 6.07) is 0.978. The summed E-state index contributed by atoms with van der Waals surface area (Å²) in [5.41, 5.74) is 0.940. The van der Waals surface area contributed by atoms with Crippen LogP contribution in [0.5, 0.6) is 0 Å². The van der Waals surface area contributed by atoms with Crippen molar-refractivity contribution in [2.24, 2.45) is 0 Å². The van der Waals surface area contributed by atoms with Crippen LogP contribution in [0.15, 0.2) is 10.5 Å². The Morgan fingerprint density at radius 2 is 2.21 bits per heavy atom. The van der Waals surface area contributed by atoms with E-state index in [9.17, 15) is 14.7 Å². The third-order valence-corrected chi connectivity index (χ3v) is 3.60. The highest BCUT2D eigenvalue weighted by atomic mass is 16.4. The number of nitrogens with zero attached hydrogens (tertiary/aromatic N) is 1. The zero-order valence-electron chi connectivity index (χ0n) is 11.3. The minimum atomic E-state index is -0.938. The van der Waals surface area contributed by atoms with Crippen molar-refractivity contribution in [1.29, 1.82) is 0 Å². The summed E-state index contributed by atoms with van der Waals surface area (Å²) < 4.78 is 5.52. The quantitative estimate of drug-likeness (QED) is 0.909. The maximum atomic E-state index is 12.4. The minimum absolute atomic E-state index is 0.252. The number of furan rings is 1. The molecule has 0 bridgehead atoms. The molecule has 1 aromatic heterocycles. The monoisotopic (exact) mass is 265 g/mol. The number of piperidine rings is 1. The average Bonchev–Trinajstić information content (AvgIpc) is 2.79. The second kappa shape index (κ2) is 5.47. The molecule has 1 atom stereocenters. The molecule has 5 nitrogen and oxygen atoms in total. The van der Waals surface area contributed by atoms with E-state index in [0.717, 1.165) is 30.6 Å². The molecule has 0 aliphatic carbocycles. The molecule has 0 radical (unpaired) electrons. The molecule has 1 aromatic rings. The molecule has 19 heavy (non-hydrogen) atoms. The number of carbonyl (C=O) groups excluding carboxylic acids is 1. The van der Waals surface area contributed by atoms with Crippen LogP contribution in [0.25, 0.3) is 0 Å². The van der Waals surface area contributed by atoms with Gasteiger partial charge < -0.3 is 14.4 Å². The summed E-state index contributed by atoms with van der Waals surface area (Å²) >= 11 is 0. The van der Waals surface area contributed by atoms with Gasteiger partial charge in [0, 0.05) is 13.0 Å². The number of carbonyl (C=O) groups is 2. The molecule has 0 saturated carbocycles. The largest absolute Gasteiger partial charge is 0.480 e. The van der Waals surface area contributed by atoms with Gasteiger partial charge in [-0.3, -0.25) is 4.79 Å². The van der Waals surface area contributed by atoms with Crippen molar-refractivity contribution in [3.63, 3.8) is 0 Å². The third kappa shape index (κ3) is 2.64. The number of aliphatic carboxylic acids is 1. The Hall–Kier alpha value is -1.78. The molecular weight excluding hydrogens is 246 g/mol. The summed E-state index contributed by atoms with van der Waals surface area (Å²) in [5, 5.41) is 9.19. The van der Waals surface area contributed by atoms with Gasteiger partial charge in [0.05, 0.1) is 0 Å². The van der Waals surface area contributed by atoms with E-state index in [4.69, 9.17) is 4.42 Å². The van der Waals surface area contributed by atoms with Gasteiger partial charge in [-0.05, 0) is 37.8 Å². The third-order valence-electron chi connectivity index (χ3n) is 3.60. The van der Waals surface area contributed by atoms with Gasteiger partial charge in [0.25, 0.3) is 5.91 Å². The van der Waals surface area contributed by atoms with Gasteiger partial charge in [-0.1, -0.05) is 6.92 Å². The maximum Gasteiger partial charge on any atom is 0.326 e. The molecule has 1 saturated heterocycles. The highest BCUT2D eigenvalue weighted by Gasteiger charge is 2.33. The van der Waals surface area contributed by atoms with Crippen LogP contribution in [0.1, 0.15) is 48.1 Å². The minimum Gasteiger partial charge on any atom is -0.480 e. The standard InChI is InChI=1S/C14H19NO4/c1-3-11-9(2)8-12(19-11)13(16)15-7-5-4-6-10(15)14(17)18/h8,10H,3-7H2,1-2H3,(H,17,18). The second-order valence-electron chi connectivity index (χ2n) is 4.92. The van der Waals surface area contributed by atoms with Crippen LogP contribution in [0, 0.1) is 6.92 Å². The lowest BCUT2D eigenvalue weighted by molar-refractivity contribution is -0.143. The molecule has 1 amide bonds. The smallest absolute Gasteiger partial charge is 0.326 e. The summed E-state index contributed by atoms with van der Waals surface area (Å²) in [5.74, 6) is -0.211. The van der Waals surface area contributed by atoms with Crippen LogP contribution in [0.3, 0.4) is 0 Å².